The van der Waals surface area contributed by atoms with E-state index >= 15 is 0 Å². The normalized spacial score (nSPS) is 24.2. The van der Waals surface area contributed by atoms with Crippen molar-refractivity contribution in [2.75, 3.05) is 13.1 Å². The van der Waals surface area contributed by atoms with Crippen molar-refractivity contribution in [1.29, 1.82) is 0 Å². The number of sulfonamides is 1. The van der Waals surface area contributed by atoms with Gasteiger partial charge in [-0.15, -0.1) is 12.4 Å². The zero-order valence-electron chi connectivity index (χ0n) is 11.8. The molecule has 2 unspecified atom stereocenters. The lowest BCUT2D eigenvalue weighted by atomic mass is 10.2. The Bertz CT molecular complexity index is 570. The molecular formula is C13H20BrClN2O2S. The summed E-state index contributed by atoms with van der Waals surface area (Å²) in [6.45, 7) is 6.94. The average molecular weight is 384 g/mol. The fourth-order valence-electron chi connectivity index (χ4n) is 2.40. The molecular weight excluding hydrogens is 364 g/mol. The molecule has 1 saturated heterocycles. The van der Waals surface area contributed by atoms with Crippen LogP contribution in [-0.2, 0) is 10.0 Å². The third-order valence-corrected chi connectivity index (χ3v) is 6.01. The van der Waals surface area contributed by atoms with Gasteiger partial charge >= 0.3 is 0 Å². The van der Waals surface area contributed by atoms with Gasteiger partial charge in [-0.3, -0.25) is 0 Å². The molecule has 0 spiro atoms. The Morgan fingerprint density at radius 3 is 2.30 bits per heavy atom. The summed E-state index contributed by atoms with van der Waals surface area (Å²) in [5.41, 5.74) is 0.928. The van der Waals surface area contributed by atoms with E-state index in [1.807, 2.05) is 20.8 Å². The largest absolute Gasteiger partial charge is 0.309 e. The van der Waals surface area contributed by atoms with E-state index in [1.165, 1.54) is 0 Å². The predicted molar refractivity (Wildman–Crippen MR) is 86.9 cm³/mol. The van der Waals surface area contributed by atoms with Crippen molar-refractivity contribution in [2.45, 2.75) is 37.8 Å². The quantitative estimate of drug-likeness (QED) is 0.854. The SMILES string of the molecule is Cc1cc(S(=O)(=O)N2CC(C)NC(C)C2)ccc1Br.Cl. The van der Waals surface area contributed by atoms with E-state index in [2.05, 4.69) is 21.2 Å². The van der Waals surface area contributed by atoms with E-state index in [4.69, 9.17) is 0 Å². The van der Waals surface area contributed by atoms with Crippen LogP contribution in [0.4, 0.5) is 0 Å². The number of aryl methyl sites for hydroxylation is 1. The summed E-state index contributed by atoms with van der Waals surface area (Å²) in [5, 5.41) is 3.34. The van der Waals surface area contributed by atoms with Crippen LogP contribution in [0, 0.1) is 6.92 Å². The van der Waals surface area contributed by atoms with Crippen LogP contribution in [0.25, 0.3) is 0 Å². The number of nitrogens with zero attached hydrogens (tertiary/aromatic N) is 1. The molecule has 114 valence electrons. The number of hydrogen-bond donors (Lipinski definition) is 1. The Kier molecular flexibility index (Phi) is 6.04. The van der Waals surface area contributed by atoms with Crippen molar-refractivity contribution < 1.29 is 8.42 Å². The molecule has 1 aliphatic rings. The lowest BCUT2D eigenvalue weighted by Crippen LogP contribution is -2.55. The molecule has 0 radical (unpaired) electrons. The van der Waals surface area contributed by atoms with Gasteiger partial charge in [0, 0.05) is 29.6 Å². The van der Waals surface area contributed by atoms with Gasteiger partial charge in [0.1, 0.15) is 0 Å². The van der Waals surface area contributed by atoms with Gasteiger partial charge in [0.05, 0.1) is 4.90 Å². The summed E-state index contributed by atoms with van der Waals surface area (Å²) in [4.78, 5) is 0.370. The van der Waals surface area contributed by atoms with Gasteiger partial charge < -0.3 is 5.32 Å². The van der Waals surface area contributed by atoms with Gasteiger partial charge in [-0.25, -0.2) is 8.42 Å². The van der Waals surface area contributed by atoms with Gasteiger partial charge in [-0.1, -0.05) is 15.9 Å². The molecule has 1 fully saturated rings. The van der Waals surface area contributed by atoms with Gasteiger partial charge in [0.15, 0.2) is 0 Å². The zero-order valence-corrected chi connectivity index (χ0v) is 15.0. The first-order chi connectivity index (χ1) is 8.80. The highest BCUT2D eigenvalue weighted by atomic mass is 79.9. The topological polar surface area (TPSA) is 49.4 Å². The van der Waals surface area contributed by atoms with Crippen molar-refractivity contribution in [3.8, 4) is 0 Å². The highest BCUT2D eigenvalue weighted by Gasteiger charge is 2.31. The Balaban J connectivity index is 0.00000200. The summed E-state index contributed by atoms with van der Waals surface area (Å²) in [6, 6.07) is 5.52. The maximum atomic E-state index is 12.6. The Labute approximate surface area is 135 Å². The number of rotatable bonds is 2. The molecule has 1 heterocycles. The highest BCUT2D eigenvalue weighted by molar-refractivity contribution is 9.10. The molecule has 1 aliphatic heterocycles. The van der Waals surface area contributed by atoms with Gasteiger partial charge in [-0.05, 0) is 44.5 Å². The van der Waals surface area contributed by atoms with Crippen LogP contribution in [0.3, 0.4) is 0 Å². The van der Waals surface area contributed by atoms with Crippen LogP contribution < -0.4 is 5.32 Å². The van der Waals surface area contributed by atoms with E-state index in [-0.39, 0.29) is 24.5 Å². The molecule has 4 nitrogen and oxygen atoms in total. The summed E-state index contributed by atoms with van der Waals surface area (Å²) in [5.74, 6) is 0. The molecule has 2 rings (SSSR count). The number of piperazine rings is 1. The Morgan fingerprint density at radius 1 is 1.25 bits per heavy atom. The molecule has 20 heavy (non-hydrogen) atoms. The monoisotopic (exact) mass is 382 g/mol. The number of halogens is 2. The standard InChI is InChI=1S/C13H19BrN2O2S.ClH/c1-9-6-12(4-5-13(9)14)19(17,18)16-7-10(2)15-11(3)8-16;/h4-6,10-11,15H,7-8H2,1-3H3;1H. The summed E-state index contributed by atoms with van der Waals surface area (Å²) in [6.07, 6.45) is 0. The van der Waals surface area contributed by atoms with E-state index in [0.29, 0.717) is 18.0 Å². The van der Waals surface area contributed by atoms with E-state index in [9.17, 15) is 8.42 Å². The Hall–Kier alpha value is -0.140. The molecule has 2 atom stereocenters. The summed E-state index contributed by atoms with van der Waals surface area (Å²) >= 11 is 3.39. The van der Waals surface area contributed by atoms with Gasteiger partial charge in [0.25, 0.3) is 0 Å². The van der Waals surface area contributed by atoms with Crippen LogP contribution in [0.15, 0.2) is 27.6 Å². The molecule has 0 bridgehead atoms. The third-order valence-electron chi connectivity index (χ3n) is 3.29. The molecule has 0 aromatic heterocycles. The van der Waals surface area contributed by atoms with Crippen LogP contribution in [0.2, 0.25) is 0 Å². The second-order valence-corrected chi connectivity index (χ2v) is 7.99. The minimum Gasteiger partial charge on any atom is -0.309 e. The fourth-order valence-corrected chi connectivity index (χ4v) is 4.35. The van der Waals surface area contributed by atoms with Crippen LogP contribution in [-0.4, -0.2) is 37.9 Å². The minimum atomic E-state index is -3.39. The second kappa shape index (κ2) is 6.75. The zero-order chi connectivity index (χ0) is 14.2. The van der Waals surface area contributed by atoms with Gasteiger partial charge in [0.2, 0.25) is 10.0 Å². The fraction of sp³-hybridized carbons (Fsp3) is 0.538. The van der Waals surface area contributed by atoms with Crippen molar-refractivity contribution in [3.05, 3.63) is 28.2 Å². The Morgan fingerprint density at radius 2 is 1.80 bits per heavy atom. The van der Waals surface area contributed by atoms with Crippen LogP contribution >= 0.6 is 28.3 Å². The average Bonchev–Trinajstić information content (AvgIpc) is 2.31. The molecule has 0 saturated carbocycles. The van der Waals surface area contributed by atoms with Crippen molar-refractivity contribution in [2.24, 2.45) is 0 Å². The second-order valence-electron chi connectivity index (χ2n) is 5.20. The van der Waals surface area contributed by atoms with Crippen molar-refractivity contribution >= 4 is 38.4 Å². The van der Waals surface area contributed by atoms with Crippen molar-refractivity contribution in [1.82, 2.24) is 9.62 Å². The predicted octanol–water partition coefficient (Wildman–Crippen LogP) is 2.55. The van der Waals surface area contributed by atoms with Crippen LogP contribution in [0.5, 0.6) is 0 Å². The lowest BCUT2D eigenvalue weighted by Gasteiger charge is -2.35. The summed E-state index contributed by atoms with van der Waals surface area (Å²) in [7, 11) is -3.39. The minimum absolute atomic E-state index is 0. The number of benzene rings is 1. The first-order valence-electron chi connectivity index (χ1n) is 6.33. The first-order valence-corrected chi connectivity index (χ1v) is 8.56. The maximum Gasteiger partial charge on any atom is 0.243 e. The molecule has 1 aromatic rings. The summed E-state index contributed by atoms with van der Waals surface area (Å²) < 4.78 is 27.7. The highest BCUT2D eigenvalue weighted by Crippen LogP contribution is 2.23. The molecule has 0 amide bonds. The molecule has 7 heteroatoms. The van der Waals surface area contributed by atoms with Crippen molar-refractivity contribution in [3.63, 3.8) is 0 Å². The maximum absolute atomic E-state index is 12.6. The molecule has 1 N–H and O–H groups in total. The number of nitrogens with one attached hydrogen (secondary N) is 1. The van der Waals surface area contributed by atoms with E-state index in [1.54, 1.807) is 22.5 Å². The smallest absolute Gasteiger partial charge is 0.243 e. The lowest BCUT2D eigenvalue weighted by molar-refractivity contribution is 0.263. The number of hydrogen-bond acceptors (Lipinski definition) is 3. The van der Waals surface area contributed by atoms with E-state index < -0.39 is 10.0 Å². The van der Waals surface area contributed by atoms with E-state index in [0.717, 1.165) is 10.0 Å². The van der Waals surface area contributed by atoms with Gasteiger partial charge in [-0.2, -0.15) is 4.31 Å². The molecule has 1 aromatic carbocycles. The van der Waals surface area contributed by atoms with Crippen LogP contribution in [0.1, 0.15) is 19.4 Å². The first kappa shape index (κ1) is 17.9. The molecule has 0 aliphatic carbocycles. The third kappa shape index (κ3) is 3.74.